The molecule has 8 heteroatoms. The highest BCUT2D eigenvalue weighted by Crippen LogP contribution is 2.05. The Morgan fingerprint density at radius 3 is 2.59 bits per heavy atom. The van der Waals surface area contributed by atoms with Crippen molar-refractivity contribution in [3.8, 4) is 0 Å². The number of hydrogen-bond donors (Lipinski definition) is 0. The zero-order valence-corrected chi connectivity index (χ0v) is 9.93. The number of rotatable bonds is 2. The van der Waals surface area contributed by atoms with Gasteiger partial charge in [0.05, 0.1) is 12.9 Å². The first kappa shape index (κ1) is 11.6. The molecule has 0 saturated heterocycles. The van der Waals surface area contributed by atoms with Crippen molar-refractivity contribution >= 4 is 28.0 Å². The highest BCUT2D eigenvalue weighted by molar-refractivity contribution is 6.63. The van der Waals surface area contributed by atoms with E-state index in [0.717, 1.165) is 4.57 Å². The topological polar surface area (TPSA) is 78.9 Å². The quantitative estimate of drug-likeness (QED) is 0.659. The van der Waals surface area contributed by atoms with Crippen LogP contribution in [-0.2, 0) is 25.4 Å². The van der Waals surface area contributed by atoms with Gasteiger partial charge in [0, 0.05) is 14.1 Å². The number of carbonyl (C=O) groups is 1. The standard InChI is InChI=1S/C9H9ClN4O3/c1-12-7-6(8(16)13(2)9(12)17)14(4-11-7)3-5(10)15/h4H,3H2,1-2H3. The second-order valence-corrected chi connectivity index (χ2v) is 4.03. The largest absolute Gasteiger partial charge is 0.332 e. The fourth-order valence-electron chi connectivity index (χ4n) is 1.65. The maximum absolute atomic E-state index is 11.9. The lowest BCUT2D eigenvalue weighted by atomic mass is 10.5. The zero-order chi connectivity index (χ0) is 12.7. The second kappa shape index (κ2) is 3.85. The van der Waals surface area contributed by atoms with Gasteiger partial charge in [-0.15, -0.1) is 0 Å². The molecule has 0 atom stereocenters. The maximum atomic E-state index is 11.9. The van der Waals surface area contributed by atoms with E-state index < -0.39 is 16.5 Å². The molecule has 0 spiro atoms. The second-order valence-electron chi connectivity index (χ2n) is 3.61. The number of nitrogens with zero attached hydrogens (tertiary/aromatic N) is 4. The Balaban J connectivity index is 2.90. The maximum Gasteiger partial charge on any atom is 0.332 e. The van der Waals surface area contributed by atoms with Crippen molar-refractivity contribution < 1.29 is 4.79 Å². The van der Waals surface area contributed by atoms with Crippen molar-refractivity contribution in [3.05, 3.63) is 27.2 Å². The molecule has 0 saturated carbocycles. The van der Waals surface area contributed by atoms with Crippen molar-refractivity contribution in [2.75, 3.05) is 0 Å². The highest BCUT2D eigenvalue weighted by atomic mass is 35.5. The number of carbonyl (C=O) groups excluding carboxylic acids is 1. The molecule has 2 rings (SSSR count). The summed E-state index contributed by atoms with van der Waals surface area (Å²) < 4.78 is 3.53. The van der Waals surface area contributed by atoms with E-state index in [-0.39, 0.29) is 17.7 Å². The van der Waals surface area contributed by atoms with Crippen LogP contribution >= 0.6 is 11.6 Å². The first-order valence-electron chi connectivity index (χ1n) is 4.72. The molecular formula is C9H9ClN4O3. The van der Waals surface area contributed by atoms with E-state index in [0.29, 0.717) is 0 Å². The van der Waals surface area contributed by atoms with E-state index in [1.807, 2.05) is 0 Å². The monoisotopic (exact) mass is 256 g/mol. The van der Waals surface area contributed by atoms with Crippen LogP contribution in [0.2, 0.25) is 0 Å². The summed E-state index contributed by atoms with van der Waals surface area (Å²) in [4.78, 5) is 38.3. The lowest BCUT2D eigenvalue weighted by molar-refractivity contribution is -0.112. The van der Waals surface area contributed by atoms with Gasteiger partial charge in [-0.25, -0.2) is 9.78 Å². The predicted octanol–water partition coefficient (Wildman–Crippen LogP) is -0.801. The van der Waals surface area contributed by atoms with Crippen molar-refractivity contribution in [3.63, 3.8) is 0 Å². The van der Waals surface area contributed by atoms with Crippen molar-refractivity contribution in [1.29, 1.82) is 0 Å². The molecule has 0 aliphatic heterocycles. The Morgan fingerprint density at radius 1 is 1.35 bits per heavy atom. The first-order valence-corrected chi connectivity index (χ1v) is 5.10. The van der Waals surface area contributed by atoms with Gasteiger partial charge in [-0.1, -0.05) is 0 Å². The van der Waals surface area contributed by atoms with Gasteiger partial charge in [0.25, 0.3) is 5.56 Å². The number of hydrogen-bond acceptors (Lipinski definition) is 4. The molecule has 0 unspecified atom stereocenters. The van der Waals surface area contributed by atoms with Crippen LogP contribution in [0.4, 0.5) is 0 Å². The molecule has 0 fully saturated rings. The highest BCUT2D eigenvalue weighted by Gasteiger charge is 2.14. The summed E-state index contributed by atoms with van der Waals surface area (Å²) in [5, 5.41) is -0.611. The third-order valence-electron chi connectivity index (χ3n) is 2.51. The summed E-state index contributed by atoms with van der Waals surface area (Å²) in [5.41, 5.74) is -0.553. The van der Waals surface area contributed by atoms with Crippen LogP contribution in [0.5, 0.6) is 0 Å². The Labute approximate surface area is 99.9 Å². The van der Waals surface area contributed by atoms with E-state index >= 15 is 0 Å². The number of fused-ring (bicyclic) bond motifs is 1. The molecule has 2 aromatic rings. The summed E-state index contributed by atoms with van der Waals surface area (Å²) in [6, 6.07) is 0. The van der Waals surface area contributed by atoms with Gasteiger partial charge in [0.15, 0.2) is 11.2 Å². The minimum Gasteiger partial charge on any atom is -0.316 e. The molecule has 2 aromatic heterocycles. The van der Waals surface area contributed by atoms with Crippen LogP contribution in [0.3, 0.4) is 0 Å². The van der Waals surface area contributed by atoms with Gasteiger partial charge in [-0.3, -0.25) is 18.7 Å². The molecule has 0 amide bonds. The van der Waals surface area contributed by atoms with Gasteiger partial charge in [-0.05, 0) is 11.6 Å². The van der Waals surface area contributed by atoms with Crippen LogP contribution < -0.4 is 11.2 Å². The van der Waals surface area contributed by atoms with Crippen LogP contribution in [-0.4, -0.2) is 23.9 Å². The summed E-state index contributed by atoms with van der Waals surface area (Å²) in [6.45, 7) is -0.161. The van der Waals surface area contributed by atoms with Gasteiger partial charge >= 0.3 is 5.69 Å². The molecule has 2 heterocycles. The molecule has 90 valence electrons. The fraction of sp³-hybridized carbons (Fsp3) is 0.333. The summed E-state index contributed by atoms with van der Waals surface area (Å²) >= 11 is 5.27. The Hall–Kier alpha value is -1.89. The molecule has 0 radical (unpaired) electrons. The first-order chi connectivity index (χ1) is 7.93. The van der Waals surface area contributed by atoms with Crippen LogP contribution in [0.1, 0.15) is 0 Å². The third kappa shape index (κ3) is 1.68. The summed E-state index contributed by atoms with van der Waals surface area (Å²) in [7, 11) is 2.87. The number of imidazole rings is 1. The number of aromatic nitrogens is 4. The molecular weight excluding hydrogens is 248 g/mol. The third-order valence-corrected chi connectivity index (χ3v) is 2.63. The minimum absolute atomic E-state index is 0.161. The van der Waals surface area contributed by atoms with Crippen molar-refractivity contribution in [2.45, 2.75) is 6.54 Å². The molecule has 0 N–H and O–H groups in total. The Morgan fingerprint density at radius 2 is 2.00 bits per heavy atom. The fourth-order valence-corrected chi connectivity index (χ4v) is 1.78. The molecule has 0 aromatic carbocycles. The Bertz CT molecular complexity index is 724. The number of halogens is 1. The smallest absolute Gasteiger partial charge is 0.316 e. The summed E-state index contributed by atoms with van der Waals surface area (Å²) in [5.74, 6) is 0. The van der Waals surface area contributed by atoms with Crippen molar-refractivity contribution in [1.82, 2.24) is 18.7 Å². The zero-order valence-electron chi connectivity index (χ0n) is 9.18. The predicted molar refractivity (Wildman–Crippen MR) is 61.1 cm³/mol. The van der Waals surface area contributed by atoms with E-state index in [2.05, 4.69) is 4.98 Å². The van der Waals surface area contributed by atoms with E-state index in [1.54, 1.807) is 0 Å². The summed E-state index contributed by atoms with van der Waals surface area (Å²) in [6.07, 6.45) is 1.31. The minimum atomic E-state index is -0.611. The molecule has 0 bridgehead atoms. The lowest BCUT2D eigenvalue weighted by Gasteiger charge is -2.04. The number of aryl methyl sites for hydroxylation is 1. The molecule has 7 nitrogen and oxygen atoms in total. The van der Waals surface area contributed by atoms with Crippen LogP contribution in [0.15, 0.2) is 15.9 Å². The van der Waals surface area contributed by atoms with Crippen molar-refractivity contribution in [2.24, 2.45) is 14.1 Å². The van der Waals surface area contributed by atoms with E-state index in [9.17, 15) is 14.4 Å². The van der Waals surface area contributed by atoms with Gasteiger partial charge in [0.1, 0.15) is 0 Å². The van der Waals surface area contributed by atoms with E-state index in [4.69, 9.17) is 11.6 Å². The Kier molecular flexibility index (Phi) is 2.62. The van der Waals surface area contributed by atoms with E-state index in [1.165, 1.54) is 29.6 Å². The molecule has 0 aliphatic carbocycles. The average molecular weight is 257 g/mol. The van der Waals surface area contributed by atoms with Gasteiger partial charge < -0.3 is 4.57 Å². The molecule has 17 heavy (non-hydrogen) atoms. The SMILES string of the molecule is Cn1c(=O)c2c(ncn2CC(=O)Cl)n(C)c1=O. The normalized spacial score (nSPS) is 11.0. The molecule has 0 aliphatic rings. The van der Waals surface area contributed by atoms with Crippen LogP contribution in [0.25, 0.3) is 11.2 Å². The average Bonchev–Trinajstić information content (AvgIpc) is 2.66. The lowest BCUT2D eigenvalue weighted by Crippen LogP contribution is -2.37. The van der Waals surface area contributed by atoms with Crippen LogP contribution in [0, 0.1) is 0 Å². The van der Waals surface area contributed by atoms with Gasteiger partial charge in [-0.2, -0.15) is 0 Å². The van der Waals surface area contributed by atoms with Gasteiger partial charge in [0.2, 0.25) is 5.24 Å².